The minimum atomic E-state index is 0.228. The molecule has 0 radical (unpaired) electrons. The molecule has 0 saturated heterocycles. The molecule has 0 aliphatic rings. The van der Waals surface area contributed by atoms with Crippen molar-refractivity contribution in [2.24, 2.45) is 0 Å². The number of nitrogens with zero attached hydrogens (tertiary/aromatic N) is 1. The van der Waals surface area contributed by atoms with Crippen molar-refractivity contribution in [3.8, 4) is 0 Å². The van der Waals surface area contributed by atoms with Crippen LogP contribution in [-0.4, -0.2) is 11.5 Å². The van der Waals surface area contributed by atoms with Crippen molar-refractivity contribution in [3.05, 3.63) is 36.7 Å². The van der Waals surface area contributed by atoms with Crippen LogP contribution in [0.25, 0.3) is 0 Å². The van der Waals surface area contributed by atoms with E-state index in [4.69, 9.17) is 5.73 Å². The largest absolute Gasteiger partial charge is 0.398 e. The molecule has 76 valence electrons. The summed E-state index contributed by atoms with van der Waals surface area (Å²) in [6.07, 6.45) is 6.27. The highest BCUT2D eigenvalue weighted by Gasteiger charge is 2.10. The van der Waals surface area contributed by atoms with Gasteiger partial charge in [0.25, 0.3) is 0 Å². The summed E-state index contributed by atoms with van der Waals surface area (Å²) in [5, 5.41) is 3.35. The zero-order chi connectivity index (χ0) is 10.4. The summed E-state index contributed by atoms with van der Waals surface area (Å²) >= 11 is 0. The van der Waals surface area contributed by atoms with E-state index in [1.807, 2.05) is 18.3 Å². The van der Waals surface area contributed by atoms with Crippen LogP contribution in [0.5, 0.6) is 0 Å². The number of pyridine rings is 1. The second-order valence-corrected chi connectivity index (χ2v) is 3.14. The fourth-order valence-electron chi connectivity index (χ4n) is 1.44. The van der Waals surface area contributed by atoms with Crippen molar-refractivity contribution in [3.63, 3.8) is 0 Å². The molecule has 0 saturated carbocycles. The Morgan fingerprint density at radius 2 is 2.50 bits per heavy atom. The maximum absolute atomic E-state index is 5.87. The molecule has 14 heavy (non-hydrogen) atoms. The van der Waals surface area contributed by atoms with E-state index in [1.54, 1.807) is 6.20 Å². The summed E-state index contributed by atoms with van der Waals surface area (Å²) in [6, 6.07) is 2.05. The Morgan fingerprint density at radius 3 is 3.07 bits per heavy atom. The molecule has 1 aromatic rings. The first-order chi connectivity index (χ1) is 6.79. The summed E-state index contributed by atoms with van der Waals surface area (Å²) < 4.78 is 0. The summed E-state index contributed by atoms with van der Waals surface area (Å²) in [6.45, 7) is 6.72. The minimum absolute atomic E-state index is 0.228. The van der Waals surface area contributed by atoms with E-state index >= 15 is 0 Å². The molecule has 3 heteroatoms. The van der Waals surface area contributed by atoms with Crippen molar-refractivity contribution in [1.82, 2.24) is 10.3 Å². The monoisotopic (exact) mass is 191 g/mol. The standard InChI is InChI=1S/C11H17N3/c1-3-5-11(14-4-2)9-8-13-7-6-10(9)12/h3,6-8,11,14H,1,4-5H2,2H3,(H2,12,13). The Balaban J connectivity index is 2.86. The summed E-state index contributed by atoms with van der Waals surface area (Å²) in [4.78, 5) is 4.08. The normalized spacial score (nSPS) is 12.4. The Morgan fingerprint density at radius 1 is 1.71 bits per heavy atom. The third-order valence-corrected chi connectivity index (χ3v) is 2.12. The van der Waals surface area contributed by atoms with Gasteiger partial charge >= 0.3 is 0 Å². The number of hydrogen-bond acceptors (Lipinski definition) is 3. The van der Waals surface area contributed by atoms with Gasteiger partial charge in [-0.2, -0.15) is 0 Å². The van der Waals surface area contributed by atoms with E-state index in [0.717, 1.165) is 24.2 Å². The average molecular weight is 191 g/mol. The lowest BCUT2D eigenvalue weighted by Crippen LogP contribution is -2.21. The van der Waals surface area contributed by atoms with Crippen molar-refractivity contribution in [1.29, 1.82) is 0 Å². The first-order valence-corrected chi connectivity index (χ1v) is 4.83. The maximum Gasteiger partial charge on any atom is 0.0393 e. The van der Waals surface area contributed by atoms with Crippen LogP contribution in [0.3, 0.4) is 0 Å². The van der Waals surface area contributed by atoms with Crippen molar-refractivity contribution >= 4 is 5.69 Å². The highest BCUT2D eigenvalue weighted by atomic mass is 14.9. The molecule has 1 heterocycles. The molecule has 0 fully saturated rings. The Hall–Kier alpha value is -1.35. The first-order valence-electron chi connectivity index (χ1n) is 4.83. The van der Waals surface area contributed by atoms with Gasteiger partial charge < -0.3 is 11.1 Å². The molecule has 0 bridgehead atoms. The van der Waals surface area contributed by atoms with E-state index in [2.05, 4.69) is 23.8 Å². The maximum atomic E-state index is 5.87. The molecule has 1 aromatic heterocycles. The fraction of sp³-hybridized carbons (Fsp3) is 0.364. The summed E-state index contributed by atoms with van der Waals surface area (Å²) in [7, 11) is 0. The summed E-state index contributed by atoms with van der Waals surface area (Å²) in [5.74, 6) is 0. The molecule has 0 aromatic carbocycles. The predicted molar refractivity (Wildman–Crippen MR) is 59.9 cm³/mol. The van der Waals surface area contributed by atoms with E-state index in [0.29, 0.717) is 0 Å². The average Bonchev–Trinajstić information content (AvgIpc) is 2.18. The second-order valence-electron chi connectivity index (χ2n) is 3.14. The van der Waals surface area contributed by atoms with Crippen LogP contribution in [0.4, 0.5) is 5.69 Å². The molecule has 3 nitrogen and oxygen atoms in total. The van der Waals surface area contributed by atoms with Gasteiger partial charge in [0, 0.05) is 29.7 Å². The molecule has 0 amide bonds. The van der Waals surface area contributed by atoms with Crippen LogP contribution in [0.15, 0.2) is 31.1 Å². The quantitative estimate of drug-likeness (QED) is 0.699. The third-order valence-electron chi connectivity index (χ3n) is 2.12. The first kappa shape index (κ1) is 10.7. The number of nitrogens with one attached hydrogen (secondary N) is 1. The number of nitrogens with two attached hydrogens (primary N) is 1. The van der Waals surface area contributed by atoms with Crippen molar-refractivity contribution in [2.45, 2.75) is 19.4 Å². The van der Waals surface area contributed by atoms with Crippen LogP contribution in [0, 0.1) is 0 Å². The summed E-state index contributed by atoms with van der Waals surface area (Å²) in [5.41, 5.74) is 7.70. The van der Waals surface area contributed by atoms with E-state index in [1.165, 1.54) is 0 Å². The van der Waals surface area contributed by atoms with Gasteiger partial charge in [-0.25, -0.2) is 0 Å². The SMILES string of the molecule is C=CCC(NCC)c1cnccc1N. The highest BCUT2D eigenvalue weighted by molar-refractivity contribution is 5.46. The zero-order valence-electron chi connectivity index (χ0n) is 8.53. The second kappa shape index (κ2) is 5.40. The molecule has 0 aliphatic heterocycles. The number of aromatic nitrogens is 1. The molecule has 0 aliphatic carbocycles. The molecule has 1 atom stereocenters. The van der Waals surface area contributed by atoms with Gasteiger partial charge in [-0.15, -0.1) is 6.58 Å². The number of anilines is 1. The van der Waals surface area contributed by atoms with Crippen LogP contribution in [-0.2, 0) is 0 Å². The lowest BCUT2D eigenvalue weighted by atomic mass is 10.0. The zero-order valence-corrected chi connectivity index (χ0v) is 8.53. The topological polar surface area (TPSA) is 50.9 Å². The molecule has 3 N–H and O–H groups in total. The smallest absolute Gasteiger partial charge is 0.0393 e. The van der Waals surface area contributed by atoms with Gasteiger partial charge in [0.1, 0.15) is 0 Å². The minimum Gasteiger partial charge on any atom is -0.398 e. The number of hydrogen-bond donors (Lipinski definition) is 2. The van der Waals surface area contributed by atoms with Gasteiger partial charge in [-0.05, 0) is 19.0 Å². The molecular formula is C11H17N3. The molecule has 1 rings (SSSR count). The Bertz CT molecular complexity index is 296. The van der Waals surface area contributed by atoms with Gasteiger partial charge in [0.2, 0.25) is 0 Å². The van der Waals surface area contributed by atoms with Crippen LogP contribution in [0.1, 0.15) is 24.9 Å². The highest BCUT2D eigenvalue weighted by Crippen LogP contribution is 2.21. The van der Waals surface area contributed by atoms with Gasteiger partial charge in [-0.3, -0.25) is 4.98 Å². The Kier molecular flexibility index (Phi) is 4.13. The number of rotatable bonds is 5. The van der Waals surface area contributed by atoms with Crippen LogP contribution < -0.4 is 11.1 Å². The van der Waals surface area contributed by atoms with E-state index < -0.39 is 0 Å². The Labute approximate surface area is 85.0 Å². The molecule has 0 spiro atoms. The predicted octanol–water partition coefficient (Wildman–Crippen LogP) is 1.89. The molecular weight excluding hydrogens is 174 g/mol. The lowest BCUT2D eigenvalue weighted by molar-refractivity contribution is 0.559. The van der Waals surface area contributed by atoms with Crippen LogP contribution in [0.2, 0.25) is 0 Å². The molecule has 1 unspecified atom stereocenters. The number of nitrogen functional groups attached to an aromatic ring is 1. The van der Waals surface area contributed by atoms with Crippen LogP contribution >= 0.6 is 0 Å². The van der Waals surface area contributed by atoms with Crippen molar-refractivity contribution in [2.75, 3.05) is 12.3 Å². The van der Waals surface area contributed by atoms with Crippen molar-refractivity contribution < 1.29 is 0 Å². The van der Waals surface area contributed by atoms with E-state index in [-0.39, 0.29) is 6.04 Å². The lowest BCUT2D eigenvalue weighted by Gasteiger charge is -2.17. The van der Waals surface area contributed by atoms with Gasteiger partial charge in [0.15, 0.2) is 0 Å². The van der Waals surface area contributed by atoms with Gasteiger partial charge in [-0.1, -0.05) is 13.0 Å². The van der Waals surface area contributed by atoms with Gasteiger partial charge in [0.05, 0.1) is 0 Å². The third kappa shape index (κ3) is 2.57. The fourth-order valence-corrected chi connectivity index (χ4v) is 1.44. The van der Waals surface area contributed by atoms with E-state index in [9.17, 15) is 0 Å².